The number of hydrogen-bond donors (Lipinski definition) is 1. The SMILES string of the molecule is O=C(O)c1ccc(Cn2nnnc2C(F)(F)F)cc1. The molecule has 0 amide bonds. The molecule has 2 aromatic rings. The number of carbonyl (C=O) groups is 1. The molecule has 0 saturated heterocycles. The number of hydrogen-bond acceptors (Lipinski definition) is 4. The van der Waals surface area contributed by atoms with E-state index in [4.69, 9.17) is 5.11 Å². The molecule has 9 heteroatoms. The minimum atomic E-state index is -4.63. The van der Waals surface area contributed by atoms with E-state index in [2.05, 4.69) is 15.5 Å². The predicted molar refractivity (Wildman–Crippen MR) is 55.3 cm³/mol. The van der Waals surface area contributed by atoms with Gasteiger partial charge in [-0.25, -0.2) is 9.48 Å². The molecule has 0 atom stereocenters. The third-order valence-corrected chi connectivity index (χ3v) is 2.32. The Morgan fingerprint density at radius 2 is 1.89 bits per heavy atom. The lowest BCUT2D eigenvalue weighted by atomic mass is 10.1. The van der Waals surface area contributed by atoms with Crippen molar-refractivity contribution in [3.63, 3.8) is 0 Å². The molecule has 0 fully saturated rings. The van der Waals surface area contributed by atoms with Gasteiger partial charge in [-0.2, -0.15) is 13.2 Å². The lowest BCUT2D eigenvalue weighted by Gasteiger charge is -2.07. The average molecular weight is 272 g/mol. The van der Waals surface area contributed by atoms with E-state index in [9.17, 15) is 18.0 Å². The van der Waals surface area contributed by atoms with Gasteiger partial charge >= 0.3 is 12.1 Å². The van der Waals surface area contributed by atoms with Crippen molar-refractivity contribution in [2.24, 2.45) is 0 Å². The Morgan fingerprint density at radius 3 is 2.42 bits per heavy atom. The van der Waals surface area contributed by atoms with E-state index in [0.717, 1.165) is 0 Å². The number of nitrogens with zero attached hydrogens (tertiary/aromatic N) is 4. The first-order chi connectivity index (χ1) is 8.88. The minimum Gasteiger partial charge on any atom is -0.478 e. The van der Waals surface area contributed by atoms with E-state index in [1.807, 2.05) is 0 Å². The third kappa shape index (κ3) is 2.87. The van der Waals surface area contributed by atoms with Crippen molar-refractivity contribution < 1.29 is 23.1 Å². The highest BCUT2D eigenvalue weighted by atomic mass is 19.4. The largest absolute Gasteiger partial charge is 0.478 e. The summed E-state index contributed by atoms with van der Waals surface area (Å²) >= 11 is 0. The molecule has 0 unspecified atom stereocenters. The number of tetrazole rings is 1. The summed E-state index contributed by atoms with van der Waals surface area (Å²) in [5, 5.41) is 17.8. The van der Waals surface area contributed by atoms with Crippen LogP contribution in [0.2, 0.25) is 0 Å². The summed E-state index contributed by atoms with van der Waals surface area (Å²) < 4.78 is 38.1. The van der Waals surface area contributed by atoms with Gasteiger partial charge in [0.05, 0.1) is 12.1 Å². The van der Waals surface area contributed by atoms with Crippen molar-refractivity contribution in [1.82, 2.24) is 20.2 Å². The molecule has 0 aliphatic carbocycles. The summed E-state index contributed by atoms with van der Waals surface area (Å²) in [6.07, 6.45) is -4.63. The van der Waals surface area contributed by atoms with Crippen LogP contribution >= 0.6 is 0 Å². The molecule has 0 saturated carbocycles. The van der Waals surface area contributed by atoms with Crippen LogP contribution in [0.1, 0.15) is 21.7 Å². The first kappa shape index (κ1) is 13.0. The fourth-order valence-corrected chi connectivity index (χ4v) is 1.44. The number of aromatic nitrogens is 4. The van der Waals surface area contributed by atoms with E-state index < -0.39 is 18.0 Å². The minimum absolute atomic E-state index is 0.0523. The lowest BCUT2D eigenvalue weighted by molar-refractivity contribution is -0.147. The second-order valence-corrected chi connectivity index (χ2v) is 3.66. The van der Waals surface area contributed by atoms with Gasteiger partial charge in [-0.05, 0) is 28.1 Å². The van der Waals surface area contributed by atoms with Crippen LogP contribution in [-0.4, -0.2) is 31.3 Å². The van der Waals surface area contributed by atoms with Crippen LogP contribution in [-0.2, 0) is 12.7 Å². The van der Waals surface area contributed by atoms with Gasteiger partial charge < -0.3 is 5.11 Å². The van der Waals surface area contributed by atoms with Crippen LogP contribution in [0, 0.1) is 0 Å². The molecule has 6 nitrogen and oxygen atoms in total. The van der Waals surface area contributed by atoms with E-state index >= 15 is 0 Å². The standard InChI is InChI=1S/C10H7F3N4O2/c11-10(12,13)9-14-15-16-17(9)5-6-1-3-7(4-2-6)8(18)19/h1-4H,5H2,(H,18,19). The highest BCUT2D eigenvalue weighted by molar-refractivity contribution is 5.87. The van der Waals surface area contributed by atoms with Crippen molar-refractivity contribution in [3.05, 3.63) is 41.2 Å². The van der Waals surface area contributed by atoms with Crippen LogP contribution in [0.25, 0.3) is 0 Å². The summed E-state index contributed by atoms with van der Waals surface area (Å²) in [7, 11) is 0. The molecule has 1 heterocycles. The van der Waals surface area contributed by atoms with Gasteiger partial charge in [0.15, 0.2) is 0 Å². The van der Waals surface area contributed by atoms with Crippen molar-refractivity contribution in [1.29, 1.82) is 0 Å². The molecule has 1 N–H and O–H groups in total. The van der Waals surface area contributed by atoms with Crippen molar-refractivity contribution >= 4 is 5.97 Å². The highest BCUT2D eigenvalue weighted by Crippen LogP contribution is 2.26. The molecule has 0 aliphatic rings. The Morgan fingerprint density at radius 1 is 1.26 bits per heavy atom. The van der Waals surface area contributed by atoms with Gasteiger partial charge in [0, 0.05) is 0 Å². The van der Waals surface area contributed by atoms with E-state index in [0.29, 0.717) is 10.2 Å². The third-order valence-electron chi connectivity index (χ3n) is 2.32. The fourth-order valence-electron chi connectivity index (χ4n) is 1.44. The molecule has 1 aromatic carbocycles. The summed E-state index contributed by atoms with van der Waals surface area (Å²) in [6, 6.07) is 5.42. The zero-order chi connectivity index (χ0) is 14.0. The average Bonchev–Trinajstić information content (AvgIpc) is 2.77. The normalized spacial score (nSPS) is 11.5. The number of rotatable bonds is 3. The number of halogens is 3. The molecular formula is C10H7F3N4O2. The number of carboxylic acid groups (broad SMARTS) is 1. The fraction of sp³-hybridized carbons (Fsp3) is 0.200. The number of alkyl halides is 3. The molecule has 19 heavy (non-hydrogen) atoms. The van der Waals surface area contributed by atoms with Gasteiger partial charge in [0.2, 0.25) is 0 Å². The maximum absolute atomic E-state index is 12.5. The van der Waals surface area contributed by atoms with Crippen molar-refractivity contribution in [3.8, 4) is 0 Å². The van der Waals surface area contributed by atoms with Crippen molar-refractivity contribution in [2.45, 2.75) is 12.7 Å². The summed E-state index contributed by atoms with van der Waals surface area (Å²) in [5.74, 6) is -2.31. The Bertz CT molecular complexity index is 592. The predicted octanol–water partition coefficient (Wildman–Crippen LogP) is 1.44. The quantitative estimate of drug-likeness (QED) is 0.914. The Labute approximate surface area is 104 Å². The first-order valence-corrected chi connectivity index (χ1v) is 5.03. The van der Waals surface area contributed by atoms with Crippen LogP contribution in [0.4, 0.5) is 13.2 Å². The molecular weight excluding hydrogens is 265 g/mol. The molecule has 0 bridgehead atoms. The number of benzene rings is 1. The smallest absolute Gasteiger partial charge is 0.453 e. The Hall–Kier alpha value is -2.45. The molecule has 0 spiro atoms. The summed E-state index contributed by atoms with van der Waals surface area (Å²) in [6.45, 7) is -0.193. The van der Waals surface area contributed by atoms with Gasteiger partial charge in [-0.3, -0.25) is 0 Å². The highest BCUT2D eigenvalue weighted by Gasteiger charge is 2.37. The molecule has 0 radical (unpaired) electrons. The van der Waals surface area contributed by atoms with E-state index in [1.54, 1.807) is 0 Å². The maximum Gasteiger partial charge on any atom is 0.453 e. The molecule has 100 valence electrons. The maximum atomic E-state index is 12.5. The van der Waals surface area contributed by atoms with Gasteiger partial charge in [-0.1, -0.05) is 12.1 Å². The topological polar surface area (TPSA) is 80.9 Å². The lowest BCUT2D eigenvalue weighted by Crippen LogP contribution is -2.16. The number of aromatic carboxylic acids is 1. The molecule has 1 aromatic heterocycles. The van der Waals surface area contributed by atoms with Crippen LogP contribution in [0.5, 0.6) is 0 Å². The second kappa shape index (κ2) is 4.67. The van der Waals surface area contributed by atoms with Gasteiger partial charge in [0.25, 0.3) is 5.82 Å². The van der Waals surface area contributed by atoms with E-state index in [-0.39, 0.29) is 12.1 Å². The van der Waals surface area contributed by atoms with Crippen LogP contribution < -0.4 is 0 Å². The van der Waals surface area contributed by atoms with Gasteiger partial charge in [0.1, 0.15) is 0 Å². The summed E-state index contributed by atoms with van der Waals surface area (Å²) in [4.78, 5) is 10.6. The van der Waals surface area contributed by atoms with Crippen molar-refractivity contribution in [2.75, 3.05) is 0 Å². The zero-order valence-electron chi connectivity index (χ0n) is 9.29. The Balaban J connectivity index is 2.22. The van der Waals surface area contributed by atoms with E-state index in [1.165, 1.54) is 24.3 Å². The van der Waals surface area contributed by atoms with Crippen LogP contribution in [0.3, 0.4) is 0 Å². The zero-order valence-corrected chi connectivity index (χ0v) is 9.29. The monoisotopic (exact) mass is 272 g/mol. The second-order valence-electron chi connectivity index (χ2n) is 3.66. The number of carboxylic acids is 1. The summed E-state index contributed by atoms with van der Waals surface area (Å²) in [5.41, 5.74) is 0.513. The van der Waals surface area contributed by atoms with Crippen LogP contribution in [0.15, 0.2) is 24.3 Å². The van der Waals surface area contributed by atoms with Gasteiger partial charge in [-0.15, -0.1) is 5.10 Å². The first-order valence-electron chi connectivity index (χ1n) is 5.03. The molecule has 0 aliphatic heterocycles. The Kier molecular flexibility index (Phi) is 3.19. The molecule has 2 rings (SSSR count).